The molecule has 1 aromatic carbocycles. The quantitative estimate of drug-likeness (QED) is 0.562. The first-order valence-corrected chi connectivity index (χ1v) is 10.5. The van der Waals surface area contributed by atoms with Gasteiger partial charge in [0.2, 0.25) is 10.0 Å². The smallest absolute Gasteiger partial charge is 0.324 e. The predicted molar refractivity (Wildman–Crippen MR) is 99.9 cm³/mol. The van der Waals surface area contributed by atoms with E-state index in [2.05, 4.69) is 10.2 Å². The highest BCUT2D eigenvalue weighted by molar-refractivity contribution is 7.89. The number of carbonyl (C=O) groups excluding carboxylic acids is 1. The number of furan rings is 1. The Morgan fingerprint density at radius 1 is 1.24 bits per heavy atom. The molecule has 0 aliphatic carbocycles. The molecule has 9 nitrogen and oxygen atoms in total. The Labute approximate surface area is 167 Å². The summed E-state index contributed by atoms with van der Waals surface area (Å²) in [4.78, 5) is 12.7. The molecule has 3 heterocycles. The monoisotopic (exact) mass is 417 g/mol. The van der Waals surface area contributed by atoms with Crippen LogP contribution in [0.5, 0.6) is 0 Å². The van der Waals surface area contributed by atoms with Crippen LogP contribution in [0.4, 0.5) is 0 Å². The van der Waals surface area contributed by atoms with Gasteiger partial charge in [-0.3, -0.25) is 4.79 Å². The van der Waals surface area contributed by atoms with Crippen molar-refractivity contribution in [3.05, 3.63) is 54.1 Å². The Hall–Kier alpha value is -2.98. The Bertz CT molecular complexity index is 1090. The predicted octanol–water partition coefficient (Wildman–Crippen LogP) is 2.53. The number of ether oxygens (including phenoxy) is 1. The summed E-state index contributed by atoms with van der Waals surface area (Å²) in [6, 6.07) is 9.00. The summed E-state index contributed by atoms with van der Waals surface area (Å²) in [5.74, 6) is 0.0263. The van der Waals surface area contributed by atoms with E-state index in [0.29, 0.717) is 18.6 Å². The Morgan fingerprint density at radius 2 is 2.03 bits per heavy atom. The number of carbonyl (C=O) groups is 1. The number of nitrogens with zero attached hydrogens (tertiary/aromatic N) is 3. The molecule has 0 N–H and O–H groups in total. The number of esters is 1. The SMILES string of the molecule is Cc1ccc(S(=O)(=O)N2CCC[C@H]2C(=O)OCc2nnc(-c3ccco3)o2)cc1. The second-order valence-corrected chi connectivity index (χ2v) is 8.56. The fourth-order valence-electron chi connectivity index (χ4n) is 3.15. The van der Waals surface area contributed by atoms with Crippen molar-refractivity contribution >= 4 is 16.0 Å². The minimum atomic E-state index is -3.79. The lowest BCUT2D eigenvalue weighted by Gasteiger charge is -2.22. The molecular formula is C19H19N3O6S. The zero-order valence-corrected chi connectivity index (χ0v) is 16.5. The van der Waals surface area contributed by atoms with E-state index in [4.69, 9.17) is 13.6 Å². The minimum absolute atomic E-state index is 0.0932. The standard InChI is InChI=1S/C19H19N3O6S/c1-13-6-8-14(9-7-13)29(24,25)22-10-2-4-15(22)19(23)27-12-17-20-21-18(28-17)16-5-3-11-26-16/h3,5-9,11,15H,2,4,10,12H2,1H3/t15-/m0/s1. The Kier molecular flexibility index (Phi) is 5.20. The average molecular weight is 417 g/mol. The maximum absolute atomic E-state index is 12.9. The molecule has 0 amide bonds. The van der Waals surface area contributed by atoms with Gasteiger partial charge in [0.05, 0.1) is 11.2 Å². The van der Waals surface area contributed by atoms with Gasteiger partial charge < -0.3 is 13.6 Å². The first-order valence-electron chi connectivity index (χ1n) is 9.06. The molecule has 29 heavy (non-hydrogen) atoms. The van der Waals surface area contributed by atoms with Crippen LogP contribution in [0.1, 0.15) is 24.3 Å². The number of aromatic nitrogens is 2. The molecule has 1 saturated heterocycles. The first-order chi connectivity index (χ1) is 13.9. The number of rotatable bonds is 6. The molecular weight excluding hydrogens is 398 g/mol. The third-order valence-corrected chi connectivity index (χ3v) is 6.56. The van der Waals surface area contributed by atoms with Crippen molar-refractivity contribution in [2.24, 2.45) is 0 Å². The van der Waals surface area contributed by atoms with Crippen molar-refractivity contribution in [3.63, 3.8) is 0 Å². The van der Waals surface area contributed by atoms with Crippen LogP contribution in [0.2, 0.25) is 0 Å². The van der Waals surface area contributed by atoms with Crippen LogP contribution in [0.3, 0.4) is 0 Å². The second-order valence-electron chi connectivity index (χ2n) is 6.67. The van der Waals surface area contributed by atoms with Gasteiger partial charge in [0.1, 0.15) is 6.04 Å². The zero-order valence-electron chi connectivity index (χ0n) is 15.6. The maximum atomic E-state index is 12.9. The highest BCUT2D eigenvalue weighted by Crippen LogP contribution is 2.27. The summed E-state index contributed by atoms with van der Waals surface area (Å²) in [7, 11) is -3.79. The van der Waals surface area contributed by atoms with Gasteiger partial charge in [0, 0.05) is 6.54 Å². The molecule has 3 aromatic rings. The molecule has 0 spiro atoms. The minimum Gasteiger partial charge on any atom is -0.459 e. The largest absolute Gasteiger partial charge is 0.459 e. The number of hydrogen-bond donors (Lipinski definition) is 0. The van der Waals surface area contributed by atoms with E-state index < -0.39 is 22.0 Å². The molecule has 1 fully saturated rings. The molecule has 1 aliphatic rings. The van der Waals surface area contributed by atoms with Gasteiger partial charge in [0.25, 0.3) is 11.8 Å². The fraction of sp³-hybridized carbons (Fsp3) is 0.316. The number of sulfonamides is 1. The van der Waals surface area contributed by atoms with Crippen molar-refractivity contribution in [1.82, 2.24) is 14.5 Å². The number of aryl methyl sites for hydroxylation is 1. The molecule has 0 bridgehead atoms. The van der Waals surface area contributed by atoms with E-state index in [-0.39, 0.29) is 29.8 Å². The fourth-order valence-corrected chi connectivity index (χ4v) is 4.80. The topological polar surface area (TPSA) is 116 Å². The van der Waals surface area contributed by atoms with Crippen molar-refractivity contribution in [2.75, 3.05) is 6.54 Å². The summed E-state index contributed by atoms with van der Waals surface area (Å²) in [6.45, 7) is 1.89. The Morgan fingerprint density at radius 3 is 2.76 bits per heavy atom. The van der Waals surface area contributed by atoms with E-state index in [9.17, 15) is 13.2 Å². The summed E-state index contributed by atoms with van der Waals surface area (Å²) < 4.78 is 42.9. The summed E-state index contributed by atoms with van der Waals surface area (Å²) in [5.41, 5.74) is 0.954. The van der Waals surface area contributed by atoms with Crippen LogP contribution in [0.15, 0.2) is 56.4 Å². The van der Waals surface area contributed by atoms with Crippen LogP contribution < -0.4 is 0 Å². The molecule has 1 atom stereocenters. The number of hydrogen-bond acceptors (Lipinski definition) is 8. The summed E-state index contributed by atoms with van der Waals surface area (Å²) in [5, 5.41) is 7.64. The molecule has 2 aromatic heterocycles. The average Bonchev–Trinajstić information content (AvgIpc) is 3.47. The van der Waals surface area contributed by atoms with E-state index in [1.165, 1.54) is 10.6 Å². The van der Waals surface area contributed by atoms with E-state index in [0.717, 1.165) is 5.56 Å². The highest BCUT2D eigenvalue weighted by atomic mass is 32.2. The van der Waals surface area contributed by atoms with Crippen LogP contribution in [-0.4, -0.2) is 41.5 Å². The lowest BCUT2D eigenvalue weighted by molar-refractivity contribution is -0.149. The highest BCUT2D eigenvalue weighted by Gasteiger charge is 2.40. The van der Waals surface area contributed by atoms with Crippen molar-refractivity contribution in [2.45, 2.75) is 37.3 Å². The van der Waals surface area contributed by atoms with Crippen molar-refractivity contribution in [3.8, 4) is 11.7 Å². The molecule has 152 valence electrons. The van der Waals surface area contributed by atoms with Crippen LogP contribution in [0, 0.1) is 6.92 Å². The van der Waals surface area contributed by atoms with Crippen LogP contribution in [0.25, 0.3) is 11.7 Å². The lowest BCUT2D eigenvalue weighted by atomic mass is 10.2. The van der Waals surface area contributed by atoms with Gasteiger partial charge in [-0.05, 0) is 44.0 Å². The lowest BCUT2D eigenvalue weighted by Crippen LogP contribution is -2.41. The van der Waals surface area contributed by atoms with Crippen molar-refractivity contribution < 1.29 is 26.8 Å². The number of benzene rings is 1. The first kappa shape index (κ1) is 19.3. The van der Waals surface area contributed by atoms with Crippen molar-refractivity contribution in [1.29, 1.82) is 0 Å². The molecule has 4 rings (SSSR count). The third-order valence-electron chi connectivity index (χ3n) is 4.64. The van der Waals surface area contributed by atoms with Crippen LogP contribution in [-0.2, 0) is 26.2 Å². The molecule has 0 radical (unpaired) electrons. The molecule has 10 heteroatoms. The normalized spacial score (nSPS) is 17.5. The summed E-state index contributed by atoms with van der Waals surface area (Å²) >= 11 is 0. The summed E-state index contributed by atoms with van der Waals surface area (Å²) in [6.07, 6.45) is 2.45. The van der Waals surface area contributed by atoms with Gasteiger partial charge in [-0.15, -0.1) is 10.2 Å². The maximum Gasteiger partial charge on any atom is 0.324 e. The molecule has 0 unspecified atom stereocenters. The third kappa shape index (κ3) is 3.94. The van der Waals surface area contributed by atoms with E-state index >= 15 is 0 Å². The van der Waals surface area contributed by atoms with Gasteiger partial charge in [0.15, 0.2) is 12.4 Å². The van der Waals surface area contributed by atoms with E-state index in [1.807, 2.05) is 6.92 Å². The second kappa shape index (κ2) is 7.80. The molecule has 1 aliphatic heterocycles. The molecule has 0 saturated carbocycles. The van der Waals surface area contributed by atoms with Gasteiger partial charge in [-0.2, -0.15) is 4.31 Å². The van der Waals surface area contributed by atoms with Gasteiger partial charge >= 0.3 is 5.97 Å². The van der Waals surface area contributed by atoms with Gasteiger partial charge in [-0.1, -0.05) is 17.7 Å². The van der Waals surface area contributed by atoms with Crippen LogP contribution >= 0.6 is 0 Å². The Balaban J connectivity index is 1.43. The van der Waals surface area contributed by atoms with Gasteiger partial charge in [-0.25, -0.2) is 8.42 Å². The van der Waals surface area contributed by atoms with E-state index in [1.54, 1.807) is 36.4 Å². The zero-order chi connectivity index (χ0) is 20.4.